The molecule has 0 unspecified atom stereocenters. The zero-order valence-corrected chi connectivity index (χ0v) is 13.5. The summed E-state index contributed by atoms with van der Waals surface area (Å²) in [5, 5.41) is 10.8. The van der Waals surface area contributed by atoms with Crippen molar-refractivity contribution in [2.75, 3.05) is 17.7 Å². The van der Waals surface area contributed by atoms with Crippen molar-refractivity contribution in [3.63, 3.8) is 0 Å². The van der Waals surface area contributed by atoms with Gasteiger partial charge in [-0.05, 0) is 20.3 Å². The molecule has 0 fully saturated rings. The van der Waals surface area contributed by atoms with Gasteiger partial charge >= 0.3 is 0 Å². The molecule has 2 N–H and O–H groups in total. The minimum absolute atomic E-state index is 0.715. The smallest absolute Gasteiger partial charge is 0.135 e. The fourth-order valence-corrected chi connectivity index (χ4v) is 2.21. The molecule has 21 heavy (non-hydrogen) atoms. The molecule has 0 aliphatic heterocycles. The van der Waals surface area contributed by atoms with E-state index in [1.807, 2.05) is 31.9 Å². The third-order valence-electron chi connectivity index (χ3n) is 3.69. The minimum Gasteiger partial charge on any atom is -0.373 e. The second kappa shape index (κ2) is 6.56. The van der Waals surface area contributed by atoms with Crippen molar-refractivity contribution < 1.29 is 0 Å². The first kappa shape index (κ1) is 15.3. The summed E-state index contributed by atoms with van der Waals surface area (Å²) in [6.07, 6.45) is 3.81. The molecule has 6 heteroatoms. The van der Waals surface area contributed by atoms with Crippen LogP contribution in [0, 0.1) is 13.8 Å². The predicted molar refractivity (Wildman–Crippen MR) is 85.6 cm³/mol. The van der Waals surface area contributed by atoms with E-state index in [1.54, 1.807) is 0 Å². The van der Waals surface area contributed by atoms with Crippen molar-refractivity contribution in [3.8, 4) is 0 Å². The van der Waals surface area contributed by atoms with Crippen LogP contribution in [-0.2, 0) is 20.0 Å². The van der Waals surface area contributed by atoms with Crippen LogP contribution in [0.3, 0.4) is 0 Å². The molecule has 114 valence electrons. The Morgan fingerprint density at radius 1 is 1.19 bits per heavy atom. The highest BCUT2D eigenvalue weighted by molar-refractivity contribution is 5.57. The second-order valence-corrected chi connectivity index (χ2v) is 5.19. The Hall–Kier alpha value is -2.11. The van der Waals surface area contributed by atoms with E-state index in [-0.39, 0.29) is 0 Å². The molecule has 2 aromatic heterocycles. The Morgan fingerprint density at radius 2 is 1.90 bits per heavy atom. The Labute approximate surface area is 126 Å². The number of rotatable bonds is 6. The zero-order chi connectivity index (χ0) is 15.4. The molecule has 2 heterocycles. The molecule has 6 nitrogen and oxygen atoms in total. The maximum Gasteiger partial charge on any atom is 0.135 e. The third-order valence-corrected chi connectivity index (χ3v) is 3.69. The van der Waals surface area contributed by atoms with Crippen LogP contribution in [0.2, 0.25) is 0 Å². The summed E-state index contributed by atoms with van der Waals surface area (Å²) >= 11 is 0. The molecule has 0 saturated heterocycles. The Kier molecular flexibility index (Phi) is 4.77. The molecule has 0 saturated carbocycles. The molecule has 2 aromatic rings. The van der Waals surface area contributed by atoms with Gasteiger partial charge in [-0.1, -0.05) is 6.92 Å². The number of hydrogen-bond acceptors (Lipinski definition) is 5. The Bertz CT molecular complexity index is 617. The summed E-state index contributed by atoms with van der Waals surface area (Å²) < 4.78 is 1.88. The van der Waals surface area contributed by atoms with Gasteiger partial charge in [0.1, 0.15) is 17.5 Å². The first-order valence-corrected chi connectivity index (χ1v) is 7.33. The largest absolute Gasteiger partial charge is 0.373 e. The molecule has 0 spiro atoms. The van der Waals surface area contributed by atoms with E-state index in [0.717, 1.165) is 41.6 Å². The van der Waals surface area contributed by atoms with Crippen LogP contribution in [0.5, 0.6) is 0 Å². The second-order valence-electron chi connectivity index (χ2n) is 5.19. The zero-order valence-electron chi connectivity index (χ0n) is 13.5. The normalized spacial score (nSPS) is 10.7. The van der Waals surface area contributed by atoms with Crippen LogP contribution < -0.4 is 10.6 Å². The fraction of sp³-hybridized carbons (Fsp3) is 0.533. The van der Waals surface area contributed by atoms with Crippen LogP contribution in [0.15, 0.2) is 6.20 Å². The van der Waals surface area contributed by atoms with Gasteiger partial charge in [-0.3, -0.25) is 4.68 Å². The number of nitrogens with zero attached hydrogens (tertiary/aromatic N) is 4. The Morgan fingerprint density at radius 3 is 2.48 bits per heavy atom. The monoisotopic (exact) mass is 288 g/mol. The van der Waals surface area contributed by atoms with Crippen LogP contribution in [0.1, 0.15) is 36.0 Å². The number of aryl methyl sites for hydroxylation is 2. The van der Waals surface area contributed by atoms with Crippen LogP contribution in [-0.4, -0.2) is 26.8 Å². The van der Waals surface area contributed by atoms with Gasteiger partial charge in [0, 0.05) is 43.9 Å². The Balaban J connectivity index is 2.22. The molecule has 0 bridgehead atoms. The predicted octanol–water partition coefficient (Wildman–Crippen LogP) is 2.43. The summed E-state index contributed by atoms with van der Waals surface area (Å²) in [5.74, 6) is 2.65. The summed E-state index contributed by atoms with van der Waals surface area (Å²) in [7, 11) is 3.84. The molecular formula is C15H24N6. The highest BCUT2D eigenvalue weighted by Gasteiger charge is 2.11. The van der Waals surface area contributed by atoms with E-state index in [9.17, 15) is 0 Å². The lowest BCUT2D eigenvalue weighted by Crippen LogP contribution is -2.10. The van der Waals surface area contributed by atoms with E-state index in [4.69, 9.17) is 0 Å². The van der Waals surface area contributed by atoms with Crippen molar-refractivity contribution >= 4 is 11.6 Å². The van der Waals surface area contributed by atoms with Crippen molar-refractivity contribution in [2.24, 2.45) is 7.05 Å². The van der Waals surface area contributed by atoms with E-state index in [1.165, 1.54) is 5.56 Å². The lowest BCUT2D eigenvalue weighted by molar-refractivity contribution is 0.738. The maximum atomic E-state index is 4.63. The molecule has 0 atom stereocenters. The van der Waals surface area contributed by atoms with E-state index >= 15 is 0 Å². The maximum absolute atomic E-state index is 4.63. The SMILES string of the molecule is CCCc1nc(NC)c(C)c(NCc2cnn(C)c2C)n1. The molecular weight excluding hydrogens is 264 g/mol. The lowest BCUT2D eigenvalue weighted by Gasteiger charge is -2.13. The molecule has 0 aliphatic rings. The summed E-state index contributed by atoms with van der Waals surface area (Å²) in [5.41, 5.74) is 3.38. The van der Waals surface area contributed by atoms with Gasteiger partial charge in [0.15, 0.2) is 0 Å². The van der Waals surface area contributed by atoms with Gasteiger partial charge < -0.3 is 10.6 Å². The van der Waals surface area contributed by atoms with Gasteiger partial charge in [-0.2, -0.15) is 5.10 Å². The average molecular weight is 288 g/mol. The van der Waals surface area contributed by atoms with E-state index in [2.05, 4.69) is 39.5 Å². The first-order chi connectivity index (χ1) is 10.1. The topological polar surface area (TPSA) is 67.7 Å². The highest BCUT2D eigenvalue weighted by atomic mass is 15.3. The van der Waals surface area contributed by atoms with Crippen LogP contribution >= 0.6 is 0 Å². The number of nitrogens with one attached hydrogen (secondary N) is 2. The van der Waals surface area contributed by atoms with Gasteiger partial charge in [0.05, 0.1) is 6.20 Å². The summed E-state index contributed by atoms with van der Waals surface area (Å²) in [4.78, 5) is 9.17. The van der Waals surface area contributed by atoms with Gasteiger partial charge in [0.2, 0.25) is 0 Å². The fourth-order valence-electron chi connectivity index (χ4n) is 2.21. The molecule has 0 amide bonds. The van der Waals surface area contributed by atoms with Crippen molar-refractivity contribution in [3.05, 3.63) is 28.8 Å². The van der Waals surface area contributed by atoms with E-state index < -0.39 is 0 Å². The number of hydrogen-bond donors (Lipinski definition) is 2. The van der Waals surface area contributed by atoms with Crippen molar-refractivity contribution in [1.29, 1.82) is 0 Å². The minimum atomic E-state index is 0.715. The number of anilines is 2. The summed E-state index contributed by atoms with van der Waals surface area (Å²) in [6, 6.07) is 0. The molecule has 0 aromatic carbocycles. The van der Waals surface area contributed by atoms with Gasteiger partial charge in [-0.25, -0.2) is 9.97 Å². The standard InChI is InChI=1S/C15H24N6/c1-6-7-13-19-14(16-4)10(2)15(20-13)17-8-12-9-18-21(5)11(12)3/h9H,6-8H2,1-5H3,(H2,16,17,19,20). The van der Waals surface area contributed by atoms with Crippen molar-refractivity contribution in [2.45, 2.75) is 40.2 Å². The first-order valence-electron chi connectivity index (χ1n) is 7.33. The molecule has 0 aliphatic carbocycles. The molecule has 0 radical (unpaired) electrons. The average Bonchev–Trinajstić information content (AvgIpc) is 2.79. The quantitative estimate of drug-likeness (QED) is 0.854. The number of aromatic nitrogens is 4. The lowest BCUT2D eigenvalue weighted by atomic mass is 10.2. The summed E-state index contributed by atoms with van der Waals surface area (Å²) in [6.45, 7) is 6.94. The van der Waals surface area contributed by atoms with Crippen molar-refractivity contribution in [1.82, 2.24) is 19.7 Å². The van der Waals surface area contributed by atoms with Gasteiger partial charge in [-0.15, -0.1) is 0 Å². The molecule has 2 rings (SSSR count). The van der Waals surface area contributed by atoms with Crippen LogP contribution in [0.25, 0.3) is 0 Å². The highest BCUT2D eigenvalue weighted by Crippen LogP contribution is 2.21. The van der Waals surface area contributed by atoms with Crippen LogP contribution in [0.4, 0.5) is 11.6 Å². The van der Waals surface area contributed by atoms with E-state index in [0.29, 0.717) is 6.54 Å². The van der Waals surface area contributed by atoms with Gasteiger partial charge in [0.25, 0.3) is 0 Å². The third kappa shape index (κ3) is 3.32.